The molecule has 4 rings (SSSR count). The zero-order valence-corrected chi connectivity index (χ0v) is 15.2. The molecular weight excluding hydrogens is 328 g/mol. The first-order valence-electron chi connectivity index (χ1n) is 9.04. The molecule has 1 aliphatic rings. The van der Waals surface area contributed by atoms with Crippen molar-refractivity contribution in [3.8, 4) is 17.0 Å². The van der Waals surface area contributed by atoms with Crippen LogP contribution in [-0.4, -0.2) is 58.0 Å². The molecule has 2 aromatic heterocycles. The molecule has 1 saturated heterocycles. The van der Waals surface area contributed by atoms with Crippen molar-refractivity contribution in [2.24, 2.45) is 0 Å². The van der Waals surface area contributed by atoms with E-state index >= 15 is 0 Å². The number of nitrogens with one attached hydrogen (secondary N) is 1. The van der Waals surface area contributed by atoms with E-state index < -0.39 is 0 Å². The zero-order valence-electron chi connectivity index (χ0n) is 15.2. The molecule has 3 heterocycles. The van der Waals surface area contributed by atoms with E-state index in [1.165, 1.54) is 19.4 Å². The Morgan fingerprint density at radius 1 is 1.27 bits per heavy atom. The summed E-state index contributed by atoms with van der Waals surface area (Å²) >= 11 is 0. The standard InChI is InChI=1S/C19H24N6O/c1-24-11-3-4-15(24)9-10-20-18-12-17(23-25-13-21-22-19(18)25)14-5-7-16(26-2)8-6-14/h5-8,12-13,15,20H,3-4,9-11H2,1-2H3. The molecule has 136 valence electrons. The predicted octanol–water partition coefficient (Wildman–Crippen LogP) is 2.70. The third kappa shape index (κ3) is 3.35. The average molecular weight is 352 g/mol. The zero-order chi connectivity index (χ0) is 17.9. The van der Waals surface area contributed by atoms with Gasteiger partial charge in [0.15, 0.2) is 0 Å². The van der Waals surface area contributed by atoms with Crippen LogP contribution in [0.5, 0.6) is 5.75 Å². The molecule has 1 atom stereocenters. The topological polar surface area (TPSA) is 67.6 Å². The first-order chi connectivity index (χ1) is 12.7. The van der Waals surface area contributed by atoms with Crippen LogP contribution in [-0.2, 0) is 0 Å². The SMILES string of the molecule is COc1ccc(-c2cc(NCCC3CCCN3C)c3nncn3n2)cc1. The third-order valence-corrected chi connectivity index (χ3v) is 5.12. The lowest BCUT2D eigenvalue weighted by molar-refractivity contribution is 0.301. The van der Waals surface area contributed by atoms with Gasteiger partial charge in [-0.2, -0.15) is 9.61 Å². The number of ether oxygens (including phenoxy) is 1. The van der Waals surface area contributed by atoms with Crippen molar-refractivity contribution in [2.45, 2.75) is 25.3 Å². The van der Waals surface area contributed by atoms with Crippen molar-refractivity contribution in [1.29, 1.82) is 0 Å². The second-order valence-electron chi connectivity index (χ2n) is 6.76. The van der Waals surface area contributed by atoms with Crippen LogP contribution in [0.4, 0.5) is 5.69 Å². The largest absolute Gasteiger partial charge is 0.497 e. The second-order valence-corrected chi connectivity index (χ2v) is 6.76. The van der Waals surface area contributed by atoms with E-state index in [-0.39, 0.29) is 0 Å². The minimum atomic E-state index is 0.666. The van der Waals surface area contributed by atoms with E-state index in [1.807, 2.05) is 30.3 Å². The highest BCUT2D eigenvalue weighted by molar-refractivity contribution is 5.73. The molecular formula is C19H24N6O. The normalized spacial score (nSPS) is 17.7. The number of hydrogen-bond acceptors (Lipinski definition) is 6. The van der Waals surface area contributed by atoms with Gasteiger partial charge in [0, 0.05) is 18.2 Å². The molecule has 0 bridgehead atoms. The lowest BCUT2D eigenvalue weighted by Crippen LogP contribution is -2.27. The lowest BCUT2D eigenvalue weighted by Gasteiger charge is -2.19. The molecule has 7 heteroatoms. The van der Waals surface area contributed by atoms with E-state index in [1.54, 1.807) is 18.0 Å². The molecule has 1 unspecified atom stereocenters. The summed E-state index contributed by atoms with van der Waals surface area (Å²) in [5.74, 6) is 0.832. The quantitative estimate of drug-likeness (QED) is 0.736. The van der Waals surface area contributed by atoms with Crippen molar-refractivity contribution in [2.75, 3.05) is 32.6 Å². The molecule has 0 aliphatic carbocycles. The maximum absolute atomic E-state index is 5.24. The van der Waals surface area contributed by atoms with Gasteiger partial charge in [0.25, 0.3) is 0 Å². The summed E-state index contributed by atoms with van der Waals surface area (Å²) in [6, 6.07) is 10.6. The molecule has 0 spiro atoms. The van der Waals surface area contributed by atoms with Gasteiger partial charge in [0.05, 0.1) is 18.5 Å². The molecule has 1 N–H and O–H groups in total. The fourth-order valence-electron chi connectivity index (χ4n) is 3.58. The highest BCUT2D eigenvalue weighted by Gasteiger charge is 2.20. The van der Waals surface area contributed by atoms with Crippen molar-refractivity contribution in [3.05, 3.63) is 36.7 Å². The van der Waals surface area contributed by atoms with Crippen molar-refractivity contribution >= 4 is 11.3 Å². The first-order valence-corrected chi connectivity index (χ1v) is 9.04. The summed E-state index contributed by atoms with van der Waals surface area (Å²) < 4.78 is 6.96. The van der Waals surface area contributed by atoms with Crippen LogP contribution < -0.4 is 10.1 Å². The molecule has 26 heavy (non-hydrogen) atoms. The number of hydrogen-bond donors (Lipinski definition) is 1. The van der Waals surface area contributed by atoms with Crippen molar-refractivity contribution in [3.63, 3.8) is 0 Å². The monoisotopic (exact) mass is 352 g/mol. The van der Waals surface area contributed by atoms with Crippen molar-refractivity contribution < 1.29 is 4.74 Å². The molecule has 3 aromatic rings. The Balaban J connectivity index is 1.56. The minimum absolute atomic E-state index is 0.666. The number of likely N-dealkylation sites (tertiary alicyclic amines) is 1. The Labute approximate surface area is 153 Å². The van der Waals surface area contributed by atoms with Gasteiger partial charge in [0.2, 0.25) is 5.65 Å². The summed E-state index contributed by atoms with van der Waals surface area (Å²) in [7, 11) is 3.88. The van der Waals surface area contributed by atoms with Gasteiger partial charge in [-0.15, -0.1) is 10.2 Å². The Hall–Kier alpha value is -2.67. The van der Waals surface area contributed by atoms with E-state index in [4.69, 9.17) is 4.74 Å². The van der Waals surface area contributed by atoms with Crippen LogP contribution in [0, 0.1) is 0 Å². The number of anilines is 1. The molecule has 7 nitrogen and oxygen atoms in total. The Morgan fingerprint density at radius 2 is 2.12 bits per heavy atom. The second kappa shape index (κ2) is 7.29. The number of methoxy groups -OCH3 is 1. The summed E-state index contributed by atoms with van der Waals surface area (Å²) in [6.07, 6.45) is 5.34. The molecule has 0 radical (unpaired) electrons. The number of nitrogens with zero attached hydrogens (tertiary/aromatic N) is 5. The van der Waals surface area contributed by atoms with E-state index in [9.17, 15) is 0 Å². The van der Waals surface area contributed by atoms with Crippen LogP contribution >= 0.6 is 0 Å². The third-order valence-electron chi connectivity index (χ3n) is 5.12. The van der Waals surface area contributed by atoms with Gasteiger partial charge in [-0.1, -0.05) is 0 Å². The maximum Gasteiger partial charge on any atom is 0.200 e. The van der Waals surface area contributed by atoms with Crippen LogP contribution in [0.1, 0.15) is 19.3 Å². The predicted molar refractivity (Wildman–Crippen MR) is 102 cm³/mol. The van der Waals surface area contributed by atoms with Crippen LogP contribution in [0.3, 0.4) is 0 Å². The first kappa shape index (κ1) is 16.8. The summed E-state index contributed by atoms with van der Waals surface area (Å²) in [4.78, 5) is 2.45. The van der Waals surface area contributed by atoms with E-state index in [0.29, 0.717) is 6.04 Å². The molecule has 1 aromatic carbocycles. The van der Waals surface area contributed by atoms with Crippen molar-refractivity contribution in [1.82, 2.24) is 24.7 Å². The van der Waals surface area contributed by atoms with Crippen LogP contribution in [0.15, 0.2) is 36.7 Å². The van der Waals surface area contributed by atoms with E-state index in [0.717, 1.165) is 41.3 Å². The van der Waals surface area contributed by atoms with Crippen LogP contribution in [0.25, 0.3) is 16.9 Å². The number of aromatic nitrogens is 4. The minimum Gasteiger partial charge on any atom is -0.497 e. The van der Waals surface area contributed by atoms with Gasteiger partial charge in [-0.25, -0.2) is 0 Å². The van der Waals surface area contributed by atoms with Gasteiger partial charge in [0.1, 0.15) is 12.1 Å². The lowest BCUT2D eigenvalue weighted by atomic mass is 10.1. The highest BCUT2D eigenvalue weighted by Crippen LogP contribution is 2.25. The summed E-state index contributed by atoms with van der Waals surface area (Å²) in [6.45, 7) is 2.11. The fourth-order valence-corrected chi connectivity index (χ4v) is 3.58. The molecule has 0 amide bonds. The molecule has 1 aliphatic heterocycles. The average Bonchev–Trinajstić information content (AvgIpc) is 3.31. The van der Waals surface area contributed by atoms with Gasteiger partial charge in [-0.05, 0) is 63.2 Å². The van der Waals surface area contributed by atoms with Gasteiger partial charge < -0.3 is 15.0 Å². The Morgan fingerprint density at radius 3 is 2.85 bits per heavy atom. The summed E-state index contributed by atoms with van der Waals surface area (Å²) in [5.41, 5.74) is 3.62. The number of fused-ring (bicyclic) bond motifs is 1. The Kier molecular flexibility index (Phi) is 4.71. The van der Waals surface area contributed by atoms with Gasteiger partial charge >= 0.3 is 0 Å². The smallest absolute Gasteiger partial charge is 0.200 e. The van der Waals surface area contributed by atoms with Crippen LogP contribution in [0.2, 0.25) is 0 Å². The Bertz CT molecular complexity index is 875. The maximum atomic E-state index is 5.24. The fraction of sp³-hybridized carbons (Fsp3) is 0.421. The van der Waals surface area contributed by atoms with E-state index in [2.05, 4.69) is 32.6 Å². The molecule has 1 fully saturated rings. The van der Waals surface area contributed by atoms with Gasteiger partial charge in [-0.3, -0.25) is 0 Å². The highest BCUT2D eigenvalue weighted by atomic mass is 16.5. The summed E-state index contributed by atoms with van der Waals surface area (Å²) in [5, 5.41) is 16.4. The molecule has 0 saturated carbocycles. The number of benzene rings is 1. The number of rotatable bonds is 6.